The average Bonchev–Trinajstić information content (AvgIpc) is 3.15. The van der Waals surface area contributed by atoms with Crippen molar-refractivity contribution in [2.75, 3.05) is 13.7 Å². The van der Waals surface area contributed by atoms with Gasteiger partial charge in [0.2, 0.25) is 5.91 Å². The van der Waals surface area contributed by atoms with E-state index in [0.717, 1.165) is 24.8 Å². The van der Waals surface area contributed by atoms with E-state index in [0.29, 0.717) is 6.42 Å². The lowest BCUT2D eigenvalue weighted by atomic mass is 9.87. The van der Waals surface area contributed by atoms with Crippen LogP contribution in [-0.4, -0.2) is 41.8 Å². The van der Waals surface area contributed by atoms with Crippen LogP contribution in [0.2, 0.25) is 0 Å². The molecule has 2 fully saturated rings. The molecule has 4 heteroatoms. The number of aliphatic hydroxyl groups excluding tert-OH is 1. The van der Waals surface area contributed by atoms with Crippen molar-refractivity contribution in [3.63, 3.8) is 0 Å². The van der Waals surface area contributed by atoms with Crippen molar-refractivity contribution in [2.45, 2.75) is 43.9 Å². The Hall–Kier alpha value is -1.39. The molecule has 2 heterocycles. The highest BCUT2D eigenvalue weighted by Crippen LogP contribution is 2.40. The molecule has 2 bridgehead atoms. The number of hydrogen-bond acceptors (Lipinski definition) is 3. The highest BCUT2D eigenvalue weighted by Gasteiger charge is 2.45. The molecule has 4 unspecified atom stereocenters. The number of fused-ring (bicyclic) bond motifs is 2. The molecule has 4 nitrogen and oxygen atoms in total. The maximum atomic E-state index is 12.8. The monoisotopic (exact) mass is 289 g/mol. The van der Waals surface area contributed by atoms with Crippen molar-refractivity contribution in [1.82, 2.24) is 4.90 Å². The van der Waals surface area contributed by atoms with E-state index in [2.05, 4.69) is 0 Å². The van der Waals surface area contributed by atoms with Crippen molar-refractivity contribution in [1.29, 1.82) is 0 Å². The normalized spacial score (nSPS) is 28.6. The zero-order valence-electron chi connectivity index (χ0n) is 12.4. The van der Waals surface area contributed by atoms with Gasteiger partial charge in [-0.3, -0.25) is 4.79 Å². The van der Waals surface area contributed by atoms with Gasteiger partial charge in [0, 0.05) is 13.7 Å². The van der Waals surface area contributed by atoms with Crippen LogP contribution in [0.1, 0.15) is 37.3 Å². The summed E-state index contributed by atoms with van der Waals surface area (Å²) in [6, 6.07) is 9.87. The van der Waals surface area contributed by atoms with Crippen molar-refractivity contribution in [3.8, 4) is 0 Å². The van der Waals surface area contributed by atoms with E-state index < -0.39 is 0 Å². The van der Waals surface area contributed by atoms with Gasteiger partial charge >= 0.3 is 0 Å². The molecule has 0 radical (unpaired) electrons. The number of carbonyl (C=O) groups is 1. The Labute approximate surface area is 125 Å². The number of hydrogen-bond donors (Lipinski definition) is 1. The molecule has 0 aliphatic carbocycles. The third-order valence-corrected chi connectivity index (χ3v) is 4.83. The van der Waals surface area contributed by atoms with Gasteiger partial charge in [0.25, 0.3) is 0 Å². The van der Waals surface area contributed by atoms with E-state index in [4.69, 9.17) is 4.74 Å². The second-order valence-electron chi connectivity index (χ2n) is 6.10. The van der Waals surface area contributed by atoms with Crippen molar-refractivity contribution in [2.24, 2.45) is 5.92 Å². The third-order valence-electron chi connectivity index (χ3n) is 4.83. The Morgan fingerprint density at radius 2 is 2.14 bits per heavy atom. The molecule has 21 heavy (non-hydrogen) atoms. The molecule has 3 rings (SSSR count). The average molecular weight is 289 g/mol. The molecule has 0 spiro atoms. The summed E-state index contributed by atoms with van der Waals surface area (Å²) < 4.78 is 5.80. The summed E-state index contributed by atoms with van der Waals surface area (Å²) >= 11 is 0. The predicted octanol–water partition coefficient (Wildman–Crippen LogP) is 2.14. The minimum atomic E-state index is -0.0668. The molecule has 1 N–H and O–H groups in total. The zero-order valence-corrected chi connectivity index (χ0v) is 12.4. The number of aliphatic hydroxyl groups is 1. The first-order valence-electron chi connectivity index (χ1n) is 7.78. The molecule has 2 saturated heterocycles. The maximum absolute atomic E-state index is 12.8. The summed E-state index contributed by atoms with van der Waals surface area (Å²) in [5.74, 6) is 0.156. The standard InChI is InChI=1S/C17H23NO3/c1-18(15(9-10-19)12-5-3-2-4-6-12)17(20)14-11-13-7-8-16(14)21-13/h2-6,13-16,19H,7-11H2,1H3. The van der Waals surface area contributed by atoms with Crippen LogP contribution in [0.25, 0.3) is 0 Å². The van der Waals surface area contributed by atoms with E-state index in [1.54, 1.807) is 4.90 Å². The highest BCUT2D eigenvalue weighted by atomic mass is 16.5. The lowest BCUT2D eigenvalue weighted by Crippen LogP contribution is -2.40. The molecular weight excluding hydrogens is 266 g/mol. The number of benzene rings is 1. The Morgan fingerprint density at radius 1 is 1.38 bits per heavy atom. The largest absolute Gasteiger partial charge is 0.396 e. The van der Waals surface area contributed by atoms with Gasteiger partial charge in [-0.1, -0.05) is 30.3 Å². The molecule has 1 aromatic carbocycles. The molecule has 0 aromatic heterocycles. The predicted molar refractivity (Wildman–Crippen MR) is 79.7 cm³/mol. The Morgan fingerprint density at radius 3 is 2.71 bits per heavy atom. The molecular formula is C17H23NO3. The molecule has 1 aromatic rings. The van der Waals surface area contributed by atoms with Crippen LogP contribution in [0.4, 0.5) is 0 Å². The molecule has 2 aliphatic heterocycles. The van der Waals surface area contributed by atoms with Gasteiger partial charge in [0.1, 0.15) is 0 Å². The smallest absolute Gasteiger partial charge is 0.228 e. The summed E-state index contributed by atoms with van der Waals surface area (Å²) in [6.45, 7) is 0.0738. The van der Waals surface area contributed by atoms with Crippen molar-refractivity contribution >= 4 is 5.91 Å². The fourth-order valence-electron chi connectivity index (χ4n) is 3.69. The summed E-state index contributed by atoms with van der Waals surface area (Å²) in [6.07, 6.45) is 3.91. The molecule has 0 saturated carbocycles. The topological polar surface area (TPSA) is 49.8 Å². The number of carbonyl (C=O) groups excluding carboxylic acids is 1. The van der Waals surface area contributed by atoms with Crippen LogP contribution in [0.3, 0.4) is 0 Å². The quantitative estimate of drug-likeness (QED) is 0.903. The van der Waals surface area contributed by atoms with Gasteiger partial charge in [-0.15, -0.1) is 0 Å². The van der Waals surface area contributed by atoms with Crippen LogP contribution in [0, 0.1) is 5.92 Å². The Kier molecular flexibility index (Phi) is 4.27. The second-order valence-corrected chi connectivity index (χ2v) is 6.10. The van der Waals surface area contributed by atoms with E-state index in [-0.39, 0.29) is 36.7 Å². The molecule has 114 valence electrons. The molecule has 4 atom stereocenters. The second kappa shape index (κ2) is 6.16. The van der Waals surface area contributed by atoms with E-state index >= 15 is 0 Å². The lowest BCUT2D eigenvalue weighted by molar-refractivity contribution is -0.138. The third kappa shape index (κ3) is 2.83. The first-order chi connectivity index (χ1) is 10.2. The minimum absolute atomic E-state index is 0.00125. The molecule has 1 amide bonds. The van der Waals surface area contributed by atoms with E-state index in [1.807, 2.05) is 37.4 Å². The van der Waals surface area contributed by atoms with Crippen LogP contribution in [0.15, 0.2) is 30.3 Å². The van der Waals surface area contributed by atoms with Gasteiger partial charge in [-0.25, -0.2) is 0 Å². The highest BCUT2D eigenvalue weighted by molar-refractivity contribution is 5.80. The zero-order chi connectivity index (χ0) is 14.8. The lowest BCUT2D eigenvalue weighted by Gasteiger charge is -2.32. The first kappa shape index (κ1) is 14.5. The van der Waals surface area contributed by atoms with Crippen LogP contribution in [-0.2, 0) is 9.53 Å². The maximum Gasteiger partial charge on any atom is 0.228 e. The van der Waals surface area contributed by atoms with Crippen LogP contribution in [0.5, 0.6) is 0 Å². The number of rotatable bonds is 5. The summed E-state index contributed by atoms with van der Waals surface area (Å²) in [7, 11) is 1.85. The van der Waals surface area contributed by atoms with Gasteiger partial charge in [-0.05, 0) is 31.2 Å². The van der Waals surface area contributed by atoms with Crippen LogP contribution < -0.4 is 0 Å². The van der Waals surface area contributed by atoms with Gasteiger partial charge < -0.3 is 14.7 Å². The molecule has 2 aliphatic rings. The summed E-state index contributed by atoms with van der Waals surface area (Å²) in [5.41, 5.74) is 1.08. The van der Waals surface area contributed by atoms with Gasteiger partial charge in [0.15, 0.2) is 0 Å². The summed E-state index contributed by atoms with van der Waals surface area (Å²) in [4.78, 5) is 14.6. The first-order valence-corrected chi connectivity index (χ1v) is 7.78. The number of ether oxygens (including phenoxy) is 1. The van der Waals surface area contributed by atoms with E-state index in [9.17, 15) is 9.90 Å². The van der Waals surface area contributed by atoms with Crippen LogP contribution >= 0.6 is 0 Å². The van der Waals surface area contributed by atoms with Crippen molar-refractivity contribution in [3.05, 3.63) is 35.9 Å². The number of amides is 1. The fourth-order valence-corrected chi connectivity index (χ4v) is 3.69. The van der Waals surface area contributed by atoms with E-state index in [1.165, 1.54) is 0 Å². The SMILES string of the molecule is CN(C(=O)C1CC2CCC1O2)C(CCO)c1ccccc1. The van der Waals surface area contributed by atoms with Crippen molar-refractivity contribution < 1.29 is 14.6 Å². The van der Waals surface area contributed by atoms with Gasteiger partial charge in [0.05, 0.1) is 24.2 Å². The van der Waals surface area contributed by atoms with Gasteiger partial charge in [-0.2, -0.15) is 0 Å². The minimum Gasteiger partial charge on any atom is -0.396 e. The fraction of sp³-hybridized carbons (Fsp3) is 0.588. The Bertz CT molecular complexity index is 490. The summed E-state index contributed by atoms with van der Waals surface area (Å²) in [5, 5.41) is 9.34. The number of nitrogens with zero attached hydrogens (tertiary/aromatic N) is 1. The Balaban J connectivity index is 1.74.